The summed E-state index contributed by atoms with van der Waals surface area (Å²) < 4.78 is 0. The summed E-state index contributed by atoms with van der Waals surface area (Å²) in [6, 6.07) is 0. The fourth-order valence-corrected chi connectivity index (χ4v) is 3.35. The summed E-state index contributed by atoms with van der Waals surface area (Å²) in [7, 11) is 0. The van der Waals surface area contributed by atoms with Crippen molar-refractivity contribution in [3.05, 3.63) is 23.3 Å². The van der Waals surface area contributed by atoms with Gasteiger partial charge in [0.1, 0.15) is 0 Å². The van der Waals surface area contributed by atoms with E-state index in [0.29, 0.717) is 0 Å². The van der Waals surface area contributed by atoms with E-state index in [9.17, 15) is 9.59 Å². The maximum atomic E-state index is 11.6. The highest BCUT2D eigenvalue weighted by Gasteiger charge is 2.58. The Hall–Kier alpha value is -1.38. The van der Waals surface area contributed by atoms with Gasteiger partial charge in [-0.1, -0.05) is 23.3 Å². The molecule has 0 aromatic carbocycles. The number of carbonyl (C=O) groups excluding carboxylic acids is 2. The van der Waals surface area contributed by atoms with Gasteiger partial charge in [-0.25, -0.2) is 0 Å². The van der Waals surface area contributed by atoms with Crippen molar-refractivity contribution in [2.24, 2.45) is 23.7 Å². The van der Waals surface area contributed by atoms with Gasteiger partial charge >= 0.3 is 0 Å². The van der Waals surface area contributed by atoms with Crippen LogP contribution in [0.25, 0.3) is 0 Å². The number of hydrogen-bond acceptors (Lipinski definition) is 2. The molecule has 1 aliphatic heterocycles. The van der Waals surface area contributed by atoms with Crippen molar-refractivity contribution in [3.63, 3.8) is 0 Å². The first-order chi connectivity index (χ1) is 7.11. The summed E-state index contributed by atoms with van der Waals surface area (Å²) >= 11 is 0. The van der Waals surface area contributed by atoms with Gasteiger partial charge in [0, 0.05) is 11.8 Å². The lowest BCUT2D eigenvalue weighted by atomic mass is 9.85. The average molecular weight is 203 g/mol. The number of allylic oxidation sites excluding steroid dienone is 4. The summed E-state index contributed by atoms with van der Waals surface area (Å²) in [6.45, 7) is 4.12. The molecule has 78 valence electrons. The Kier molecular flexibility index (Phi) is 1.54. The lowest BCUT2D eigenvalue weighted by molar-refractivity contribution is -0.126. The van der Waals surface area contributed by atoms with Crippen molar-refractivity contribution in [2.45, 2.75) is 13.8 Å². The molecule has 3 aliphatic rings. The van der Waals surface area contributed by atoms with Crippen LogP contribution in [0.15, 0.2) is 23.3 Å². The quantitative estimate of drug-likeness (QED) is 0.472. The highest BCUT2D eigenvalue weighted by Crippen LogP contribution is 2.54. The number of amides is 2. The Morgan fingerprint density at radius 3 is 1.93 bits per heavy atom. The third-order valence-corrected chi connectivity index (χ3v) is 3.83. The minimum Gasteiger partial charge on any atom is -0.296 e. The molecule has 15 heavy (non-hydrogen) atoms. The smallest absolute Gasteiger partial charge is 0.231 e. The van der Waals surface area contributed by atoms with E-state index in [0.717, 1.165) is 0 Å². The van der Waals surface area contributed by atoms with Crippen molar-refractivity contribution >= 4 is 11.8 Å². The Morgan fingerprint density at radius 1 is 1.07 bits per heavy atom. The SMILES string of the molecule is CC(C)=C1[C@H]2C=C[C@H]1[C@@H]1C(=O)NC(=O)[C@H]12. The zero-order chi connectivity index (χ0) is 10.7. The van der Waals surface area contributed by atoms with Crippen molar-refractivity contribution in [2.75, 3.05) is 0 Å². The van der Waals surface area contributed by atoms with Gasteiger partial charge in [-0.05, 0) is 13.8 Å². The maximum absolute atomic E-state index is 11.6. The third-order valence-electron chi connectivity index (χ3n) is 3.83. The molecule has 2 bridgehead atoms. The van der Waals surface area contributed by atoms with Crippen LogP contribution in [0.4, 0.5) is 0 Å². The Labute approximate surface area is 88.2 Å². The van der Waals surface area contributed by atoms with Gasteiger partial charge in [-0.2, -0.15) is 0 Å². The molecule has 0 aromatic rings. The third kappa shape index (κ3) is 0.907. The molecule has 2 fully saturated rings. The zero-order valence-corrected chi connectivity index (χ0v) is 8.78. The minimum atomic E-state index is -0.127. The summed E-state index contributed by atoms with van der Waals surface area (Å²) in [5.74, 6) is -0.0658. The van der Waals surface area contributed by atoms with Crippen LogP contribution in [0, 0.1) is 23.7 Å². The van der Waals surface area contributed by atoms with E-state index in [2.05, 4.69) is 31.3 Å². The molecule has 3 nitrogen and oxygen atoms in total. The molecule has 0 radical (unpaired) electrons. The number of imide groups is 1. The second kappa shape index (κ2) is 2.60. The van der Waals surface area contributed by atoms with E-state index in [1.165, 1.54) is 11.1 Å². The molecule has 2 aliphatic carbocycles. The topological polar surface area (TPSA) is 46.2 Å². The van der Waals surface area contributed by atoms with Gasteiger partial charge in [0.15, 0.2) is 0 Å². The highest BCUT2D eigenvalue weighted by atomic mass is 16.2. The fraction of sp³-hybridized carbons (Fsp3) is 0.500. The van der Waals surface area contributed by atoms with E-state index in [4.69, 9.17) is 0 Å². The normalized spacial score (nSPS) is 41.1. The molecule has 3 rings (SSSR count). The molecule has 4 atom stereocenters. The van der Waals surface area contributed by atoms with Crippen molar-refractivity contribution in [1.82, 2.24) is 5.32 Å². The van der Waals surface area contributed by atoms with Gasteiger partial charge in [0.25, 0.3) is 0 Å². The Bertz CT molecular complexity index is 397. The van der Waals surface area contributed by atoms with Crippen LogP contribution in [0.3, 0.4) is 0 Å². The lowest BCUT2D eigenvalue weighted by Gasteiger charge is -2.13. The van der Waals surface area contributed by atoms with Gasteiger partial charge < -0.3 is 0 Å². The minimum absolute atomic E-state index is 0.0828. The van der Waals surface area contributed by atoms with Crippen LogP contribution >= 0.6 is 0 Å². The second-order valence-electron chi connectivity index (χ2n) is 4.80. The molecule has 2 amide bonds. The van der Waals surface area contributed by atoms with E-state index >= 15 is 0 Å². The van der Waals surface area contributed by atoms with Crippen LogP contribution in [0.5, 0.6) is 0 Å². The van der Waals surface area contributed by atoms with Crippen LogP contribution in [-0.4, -0.2) is 11.8 Å². The molecule has 0 unspecified atom stereocenters. The van der Waals surface area contributed by atoms with Gasteiger partial charge in [0.05, 0.1) is 11.8 Å². The number of fused-ring (bicyclic) bond motifs is 5. The largest absolute Gasteiger partial charge is 0.296 e. The van der Waals surface area contributed by atoms with Crippen molar-refractivity contribution in [3.8, 4) is 0 Å². The molecule has 0 aromatic heterocycles. The molecular formula is C12H13NO2. The number of nitrogens with one attached hydrogen (secondary N) is 1. The van der Waals surface area contributed by atoms with Crippen LogP contribution in [-0.2, 0) is 9.59 Å². The van der Waals surface area contributed by atoms with Crippen LogP contribution in [0.1, 0.15) is 13.8 Å². The van der Waals surface area contributed by atoms with Crippen molar-refractivity contribution < 1.29 is 9.59 Å². The molecule has 1 saturated heterocycles. The van der Waals surface area contributed by atoms with Gasteiger partial charge in [-0.15, -0.1) is 0 Å². The summed E-state index contributed by atoms with van der Waals surface area (Å²) in [5.41, 5.74) is 2.55. The Balaban J connectivity index is 2.13. The zero-order valence-electron chi connectivity index (χ0n) is 8.78. The average Bonchev–Trinajstić information content (AvgIpc) is 2.77. The van der Waals surface area contributed by atoms with Crippen LogP contribution in [0.2, 0.25) is 0 Å². The highest BCUT2D eigenvalue weighted by molar-refractivity contribution is 6.07. The number of carbonyl (C=O) groups is 2. The van der Waals surface area contributed by atoms with Gasteiger partial charge in [-0.3, -0.25) is 14.9 Å². The van der Waals surface area contributed by atoms with E-state index in [1.54, 1.807) is 0 Å². The summed E-state index contributed by atoms with van der Waals surface area (Å²) in [4.78, 5) is 23.3. The number of rotatable bonds is 0. The molecular weight excluding hydrogens is 190 g/mol. The van der Waals surface area contributed by atoms with E-state index < -0.39 is 0 Å². The monoisotopic (exact) mass is 203 g/mol. The van der Waals surface area contributed by atoms with Crippen molar-refractivity contribution in [1.29, 1.82) is 0 Å². The summed E-state index contributed by atoms with van der Waals surface area (Å²) in [5, 5.41) is 2.44. The molecule has 0 spiro atoms. The predicted molar refractivity (Wildman–Crippen MR) is 54.6 cm³/mol. The first-order valence-electron chi connectivity index (χ1n) is 5.31. The molecule has 1 N–H and O–H groups in total. The lowest BCUT2D eigenvalue weighted by Crippen LogP contribution is -2.26. The fourth-order valence-electron chi connectivity index (χ4n) is 3.35. The summed E-state index contributed by atoms with van der Waals surface area (Å²) in [6.07, 6.45) is 4.18. The molecule has 1 saturated carbocycles. The van der Waals surface area contributed by atoms with Crippen LogP contribution < -0.4 is 5.32 Å². The first kappa shape index (κ1) is 8.89. The Morgan fingerprint density at radius 2 is 1.53 bits per heavy atom. The molecule has 1 heterocycles. The van der Waals surface area contributed by atoms with E-state index in [-0.39, 0.29) is 35.5 Å². The maximum Gasteiger partial charge on any atom is 0.231 e. The standard InChI is InChI=1S/C12H13NO2/c1-5(2)8-6-3-4-7(8)10-9(6)11(14)13-12(10)15/h3-4,6-7,9-10H,1-2H3,(H,13,14,15)/t6-,7-,9+,10+/m1/s1. The number of hydrogen-bond donors (Lipinski definition) is 1. The second-order valence-corrected chi connectivity index (χ2v) is 4.80. The van der Waals surface area contributed by atoms with Gasteiger partial charge in [0.2, 0.25) is 11.8 Å². The van der Waals surface area contributed by atoms with E-state index in [1.807, 2.05) is 0 Å². The predicted octanol–water partition coefficient (Wildman–Crippen LogP) is 1.03. The first-order valence-corrected chi connectivity index (χ1v) is 5.31. The molecule has 3 heteroatoms.